The number of carbonyl (C=O) groups is 3. The summed E-state index contributed by atoms with van der Waals surface area (Å²) in [5, 5.41) is 8.54. The first-order valence-corrected chi connectivity index (χ1v) is 9.63. The van der Waals surface area contributed by atoms with E-state index in [2.05, 4.69) is 16.0 Å². The molecule has 0 radical (unpaired) electrons. The Kier molecular flexibility index (Phi) is 8.96. The third kappa shape index (κ3) is 7.29. The molecule has 3 amide bonds. The molecule has 0 atom stereocenters. The fraction of sp³-hybridized carbons (Fsp3) is 0.286. The summed E-state index contributed by atoms with van der Waals surface area (Å²) in [6.07, 6.45) is 0.718. The van der Waals surface area contributed by atoms with Crippen LogP contribution < -0.4 is 25.4 Å². The van der Waals surface area contributed by atoms with Gasteiger partial charge in [-0.3, -0.25) is 14.4 Å². The van der Waals surface area contributed by atoms with Crippen molar-refractivity contribution in [3.63, 3.8) is 0 Å². The molecule has 0 saturated carbocycles. The second kappa shape index (κ2) is 11.7. The predicted molar refractivity (Wildman–Crippen MR) is 114 cm³/mol. The van der Waals surface area contributed by atoms with Crippen molar-refractivity contribution in [3.8, 4) is 11.5 Å². The van der Waals surface area contributed by atoms with E-state index in [9.17, 15) is 14.4 Å². The number of hydrogen-bond donors (Lipinski definition) is 3. The largest absolute Gasteiger partial charge is 0.493 e. The quantitative estimate of drug-likeness (QED) is 0.499. The maximum atomic E-state index is 12.2. The molecule has 0 aliphatic carbocycles. The lowest BCUT2D eigenvalue weighted by atomic mass is 10.2. The summed E-state index contributed by atoms with van der Waals surface area (Å²) >= 11 is 5.80. The Morgan fingerprint density at radius 3 is 2.27 bits per heavy atom. The molecule has 2 aromatic carbocycles. The van der Waals surface area contributed by atoms with E-state index < -0.39 is 5.91 Å². The standard InChI is InChI=1S/C21H24ClN3O5/c1-29-17-10-5-14(12-18(17)30-2)21(28)24-13-20(27)23-11-3-4-19(26)25-16-8-6-15(22)7-9-16/h5-10,12H,3-4,11,13H2,1-2H3,(H,23,27)(H,24,28)(H,25,26). The zero-order chi connectivity index (χ0) is 21.9. The normalized spacial score (nSPS) is 10.1. The molecule has 0 aromatic heterocycles. The number of carbonyl (C=O) groups excluding carboxylic acids is 3. The van der Waals surface area contributed by atoms with E-state index in [1.807, 2.05) is 0 Å². The summed E-state index contributed by atoms with van der Waals surface area (Å²) in [4.78, 5) is 35.9. The molecular formula is C21H24ClN3O5. The Bertz CT molecular complexity index is 887. The average Bonchev–Trinajstić information content (AvgIpc) is 2.76. The lowest BCUT2D eigenvalue weighted by molar-refractivity contribution is -0.120. The van der Waals surface area contributed by atoms with Gasteiger partial charge in [-0.1, -0.05) is 11.6 Å². The number of amides is 3. The van der Waals surface area contributed by atoms with E-state index in [-0.39, 0.29) is 24.8 Å². The minimum Gasteiger partial charge on any atom is -0.493 e. The highest BCUT2D eigenvalue weighted by Crippen LogP contribution is 2.27. The van der Waals surface area contributed by atoms with Crippen LogP contribution in [0.15, 0.2) is 42.5 Å². The molecule has 2 aromatic rings. The van der Waals surface area contributed by atoms with Crippen LogP contribution in [-0.4, -0.2) is 45.0 Å². The van der Waals surface area contributed by atoms with Crippen molar-refractivity contribution >= 4 is 35.0 Å². The summed E-state index contributed by atoms with van der Waals surface area (Å²) in [6.45, 7) is 0.142. The molecule has 30 heavy (non-hydrogen) atoms. The Hall–Kier alpha value is -3.26. The van der Waals surface area contributed by atoms with Crippen molar-refractivity contribution in [1.82, 2.24) is 10.6 Å². The van der Waals surface area contributed by atoms with E-state index in [1.165, 1.54) is 20.3 Å². The SMILES string of the molecule is COc1ccc(C(=O)NCC(=O)NCCCC(=O)Nc2ccc(Cl)cc2)cc1OC. The Balaban J connectivity index is 1.66. The molecule has 0 heterocycles. The van der Waals surface area contributed by atoms with Crippen LogP contribution in [0.2, 0.25) is 5.02 Å². The maximum Gasteiger partial charge on any atom is 0.251 e. The molecule has 0 fully saturated rings. The van der Waals surface area contributed by atoms with Crippen molar-refractivity contribution in [2.45, 2.75) is 12.8 Å². The minimum absolute atomic E-state index is 0.159. The van der Waals surface area contributed by atoms with Gasteiger partial charge in [-0.2, -0.15) is 0 Å². The van der Waals surface area contributed by atoms with Crippen molar-refractivity contribution < 1.29 is 23.9 Å². The van der Waals surface area contributed by atoms with Crippen LogP contribution >= 0.6 is 11.6 Å². The number of ether oxygens (including phenoxy) is 2. The van der Waals surface area contributed by atoms with Crippen molar-refractivity contribution in [2.24, 2.45) is 0 Å². The third-order valence-corrected chi connectivity index (χ3v) is 4.34. The van der Waals surface area contributed by atoms with Gasteiger partial charge in [0.25, 0.3) is 5.91 Å². The van der Waals surface area contributed by atoms with Crippen LogP contribution in [0.5, 0.6) is 11.5 Å². The van der Waals surface area contributed by atoms with Crippen LogP contribution in [-0.2, 0) is 9.59 Å². The Morgan fingerprint density at radius 2 is 1.60 bits per heavy atom. The molecule has 2 rings (SSSR count). The number of hydrogen-bond acceptors (Lipinski definition) is 5. The van der Waals surface area contributed by atoms with Gasteiger partial charge < -0.3 is 25.4 Å². The van der Waals surface area contributed by atoms with Gasteiger partial charge in [0, 0.05) is 29.2 Å². The first-order valence-electron chi connectivity index (χ1n) is 9.25. The number of rotatable bonds is 10. The summed E-state index contributed by atoms with van der Waals surface area (Å²) in [5.41, 5.74) is 1.01. The lowest BCUT2D eigenvalue weighted by Gasteiger charge is -2.10. The van der Waals surface area contributed by atoms with Crippen molar-refractivity contribution in [3.05, 3.63) is 53.1 Å². The van der Waals surface area contributed by atoms with Gasteiger partial charge in [0.05, 0.1) is 20.8 Å². The number of methoxy groups -OCH3 is 2. The van der Waals surface area contributed by atoms with Gasteiger partial charge >= 0.3 is 0 Å². The zero-order valence-electron chi connectivity index (χ0n) is 16.8. The van der Waals surface area contributed by atoms with Crippen molar-refractivity contribution in [2.75, 3.05) is 32.6 Å². The van der Waals surface area contributed by atoms with E-state index in [4.69, 9.17) is 21.1 Å². The van der Waals surface area contributed by atoms with Crippen LogP contribution in [0.4, 0.5) is 5.69 Å². The van der Waals surface area contributed by atoms with E-state index in [0.717, 1.165) is 0 Å². The first-order chi connectivity index (χ1) is 14.4. The van der Waals surface area contributed by atoms with Crippen LogP contribution in [0.3, 0.4) is 0 Å². The van der Waals surface area contributed by atoms with E-state index in [0.29, 0.717) is 40.7 Å². The number of anilines is 1. The summed E-state index contributed by atoms with van der Waals surface area (Å²) in [5.74, 6) is 0.0158. The molecule has 0 aliphatic heterocycles. The second-order valence-electron chi connectivity index (χ2n) is 6.26. The van der Waals surface area contributed by atoms with Crippen LogP contribution in [0.1, 0.15) is 23.2 Å². The van der Waals surface area contributed by atoms with Gasteiger partial charge in [0.1, 0.15) is 0 Å². The van der Waals surface area contributed by atoms with Gasteiger partial charge in [0.2, 0.25) is 11.8 Å². The fourth-order valence-electron chi connectivity index (χ4n) is 2.54. The van der Waals surface area contributed by atoms with Gasteiger partial charge in [-0.05, 0) is 48.9 Å². The summed E-state index contributed by atoms with van der Waals surface area (Å²) < 4.78 is 10.3. The fourth-order valence-corrected chi connectivity index (χ4v) is 2.66. The Labute approximate surface area is 179 Å². The van der Waals surface area contributed by atoms with Crippen LogP contribution in [0, 0.1) is 0 Å². The average molecular weight is 434 g/mol. The Morgan fingerprint density at radius 1 is 0.900 bits per heavy atom. The van der Waals surface area contributed by atoms with Gasteiger partial charge in [-0.25, -0.2) is 0 Å². The molecule has 0 aliphatic rings. The highest BCUT2D eigenvalue weighted by molar-refractivity contribution is 6.30. The highest BCUT2D eigenvalue weighted by atomic mass is 35.5. The summed E-state index contributed by atoms with van der Waals surface area (Å²) in [7, 11) is 2.98. The highest BCUT2D eigenvalue weighted by Gasteiger charge is 2.12. The molecule has 0 bridgehead atoms. The van der Waals surface area contributed by atoms with Gasteiger partial charge in [0.15, 0.2) is 11.5 Å². The zero-order valence-corrected chi connectivity index (χ0v) is 17.5. The summed E-state index contributed by atoms with van der Waals surface area (Å²) in [6, 6.07) is 11.5. The van der Waals surface area contributed by atoms with E-state index >= 15 is 0 Å². The number of benzene rings is 2. The number of halogens is 1. The van der Waals surface area contributed by atoms with Gasteiger partial charge in [-0.15, -0.1) is 0 Å². The molecule has 8 nitrogen and oxygen atoms in total. The monoisotopic (exact) mass is 433 g/mol. The molecule has 3 N–H and O–H groups in total. The second-order valence-corrected chi connectivity index (χ2v) is 6.70. The smallest absolute Gasteiger partial charge is 0.251 e. The molecule has 0 unspecified atom stereocenters. The maximum absolute atomic E-state index is 12.2. The third-order valence-electron chi connectivity index (χ3n) is 4.09. The molecule has 160 valence electrons. The molecular weight excluding hydrogens is 410 g/mol. The first kappa shape index (κ1) is 23.0. The molecule has 0 saturated heterocycles. The predicted octanol–water partition coefficient (Wildman–Crippen LogP) is 2.62. The number of nitrogens with one attached hydrogen (secondary N) is 3. The minimum atomic E-state index is -0.409. The lowest BCUT2D eigenvalue weighted by Crippen LogP contribution is -2.37. The molecule has 0 spiro atoms. The topological polar surface area (TPSA) is 106 Å². The molecule has 9 heteroatoms. The van der Waals surface area contributed by atoms with E-state index in [1.54, 1.807) is 36.4 Å². The van der Waals surface area contributed by atoms with Crippen molar-refractivity contribution in [1.29, 1.82) is 0 Å². The van der Waals surface area contributed by atoms with Crippen LogP contribution in [0.25, 0.3) is 0 Å².